The Morgan fingerprint density at radius 2 is 2.00 bits per heavy atom. The van der Waals surface area contributed by atoms with Crippen LogP contribution in [0.1, 0.15) is 15.2 Å². The van der Waals surface area contributed by atoms with Crippen molar-refractivity contribution in [3.8, 4) is 0 Å². The zero-order valence-corrected chi connectivity index (χ0v) is 15.2. The third-order valence-electron chi connectivity index (χ3n) is 4.05. The molecule has 132 valence electrons. The van der Waals surface area contributed by atoms with Crippen molar-refractivity contribution in [2.75, 3.05) is 11.4 Å². The summed E-state index contributed by atoms with van der Waals surface area (Å²) in [6.45, 7) is 1.97. The van der Waals surface area contributed by atoms with Gasteiger partial charge in [0.25, 0.3) is 5.91 Å². The van der Waals surface area contributed by atoms with E-state index in [0.29, 0.717) is 31.0 Å². The fourth-order valence-corrected chi connectivity index (χ4v) is 4.66. The van der Waals surface area contributed by atoms with Crippen LogP contribution in [-0.2, 0) is 13.1 Å². The number of hydrogen-bond acceptors (Lipinski definition) is 6. The molecule has 0 saturated carbocycles. The van der Waals surface area contributed by atoms with Crippen molar-refractivity contribution in [2.45, 2.75) is 13.1 Å². The number of nitro groups is 1. The summed E-state index contributed by atoms with van der Waals surface area (Å²) in [4.78, 5) is 30.8. The lowest BCUT2D eigenvalue weighted by atomic mass is 10.2. The Kier molecular flexibility index (Phi) is 4.39. The minimum Gasteiger partial charge on any atom is -0.345 e. The fraction of sp³-hybridized carbons (Fsp3) is 0.176. The van der Waals surface area contributed by atoms with Crippen LogP contribution in [-0.4, -0.2) is 21.3 Å². The molecule has 0 saturated heterocycles. The van der Waals surface area contributed by atoms with E-state index in [1.165, 1.54) is 11.5 Å². The lowest BCUT2D eigenvalue weighted by Gasteiger charge is -2.15. The zero-order chi connectivity index (χ0) is 18.1. The first kappa shape index (κ1) is 16.7. The second-order valence-corrected chi connectivity index (χ2v) is 7.75. The Hall–Kier alpha value is -2.78. The van der Waals surface area contributed by atoms with Crippen molar-refractivity contribution in [2.24, 2.45) is 4.99 Å². The predicted octanol–water partition coefficient (Wildman–Crippen LogP) is 3.28. The summed E-state index contributed by atoms with van der Waals surface area (Å²) in [5, 5.41) is 13.7. The first-order valence-corrected chi connectivity index (χ1v) is 9.59. The Morgan fingerprint density at radius 3 is 2.69 bits per heavy atom. The number of thiophene rings is 1. The van der Waals surface area contributed by atoms with E-state index in [1.807, 2.05) is 26.4 Å². The van der Waals surface area contributed by atoms with Crippen molar-refractivity contribution in [1.29, 1.82) is 0 Å². The van der Waals surface area contributed by atoms with Gasteiger partial charge < -0.3 is 4.90 Å². The minimum absolute atomic E-state index is 0.0895. The first-order valence-electron chi connectivity index (χ1n) is 7.93. The van der Waals surface area contributed by atoms with Crippen LogP contribution in [0.2, 0.25) is 0 Å². The van der Waals surface area contributed by atoms with Gasteiger partial charge in [0, 0.05) is 17.0 Å². The average Bonchev–Trinajstić information content (AvgIpc) is 3.34. The van der Waals surface area contributed by atoms with Gasteiger partial charge in [0.1, 0.15) is 0 Å². The number of anilines is 1. The van der Waals surface area contributed by atoms with Gasteiger partial charge in [-0.25, -0.2) is 0 Å². The fourth-order valence-electron chi connectivity index (χ4n) is 2.90. The van der Waals surface area contributed by atoms with Crippen molar-refractivity contribution >= 4 is 40.3 Å². The van der Waals surface area contributed by atoms with E-state index in [4.69, 9.17) is 0 Å². The van der Waals surface area contributed by atoms with E-state index in [2.05, 4.69) is 4.99 Å². The smallest absolute Gasteiger partial charge is 0.345 e. The van der Waals surface area contributed by atoms with Crippen LogP contribution in [0.5, 0.6) is 0 Å². The maximum Gasteiger partial charge on any atom is 0.347 e. The quantitative estimate of drug-likeness (QED) is 0.509. The molecule has 0 fully saturated rings. The second kappa shape index (κ2) is 6.85. The molecule has 2 aromatic heterocycles. The van der Waals surface area contributed by atoms with Gasteiger partial charge in [-0.2, -0.15) is 4.99 Å². The van der Waals surface area contributed by atoms with E-state index in [-0.39, 0.29) is 10.4 Å². The van der Waals surface area contributed by atoms with Gasteiger partial charge in [-0.1, -0.05) is 24.3 Å². The standard InChI is InChI=1S/C17H14N4O3S2/c22-15(12-5-2-1-3-6-12)18-16-14(21(23)24)17-19(8-9-20(17)26-16)11-13-7-4-10-25-13/h1-7,10H,8-9,11H2. The predicted molar refractivity (Wildman–Crippen MR) is 101 cm³/mol. The first-order chi connectivity index (χ1) is 12.6. The van der Waals surface area contributed by atoms with Crippen LogP contribution >= 0.6 is 22.9 Å². The van der Waals surface area contributed by atoms with E-state index in [9.17, 15) is 14.9 Å². The highest BCUT2D eigenvalue weighted by Crippen LogP contribution is 2.34. The highest BCUT2D eigenvalue weighted by molar-refractivity contribution is 7.09. The molecule has 1 aliphatic rings. The monoisotopic (exact) mass is 386 g/mol. The Morgan fingerprint density at radius 1 is 1.19 bits per heavy atom. The molecule has 3 aromatic rings. The summed E-state index contributed by atoms with van der Waals surface area (Å²) in [5.41, 5.74) is 0.323. The molecule has 4 rings (SSSR count). The molecular weight excluding hydrogens is 372 g/mol. The third kappa shape index (κ3) is 3.06. The van der Waals surface area contributed by atoms with Gasteiger partial charge >= 0.3 is 5.69 Å². The molecule has 1 aromatic carbocycles. The van der Waals surface area contributed by atoms with Crippen molar-refractivity contribution in [3.05, 3.63) is 73.1 Å². The highest BCUT2D eigenvalue weighted by atomic mass is 32.1. The molecule has 1 amide bonds. The topological polar surface area (TPSA) is 80.7 Å². The Bertz CT molecular complexity index is 1020. The van der Waals surface area contributed by atoms with Gasteiger partial charge in [-0.05, 0) is 35.1 Å². The zero-order valence-electron chi connectivity index (χ0n) is 13.6. The van der Waals surface area contributed by atoms with Crippen molar-refractivity contribution in [3.63, 3.8) is 0 Å². The lowest BCUT2D eigenvalue weighted by molar-refractivity contribution is -0.385. The summed E-state index contributed by atoms with van der Waals surface area (Å²) in [5.74, 6) is 0.0621. The largest absolute Gasteiger partial charge is 0.347 e. The second-order valence-electron chi connectivity index (χ2n) is 5.71. The van der Waals surface area contributed by atoms with Gasteiger partial charge in [-0.3, -0.25) is 18.9 Å². The number of nitrogens with zero attached hydrogens (tertiary/aromatic N) is 4. The molecule has 0 atom stereocenters. The lowest BCUT2D eigenvalue weighted by Crippen LogP contribution is -2.21. The van der Waals surface area contributed by atoms with Gasteiger partial charge in [-0.15, -0.1) is 11.3 Å². The molecular formula is C17H14N4O3S2. The molecule has 26 heavy (non-hydrogen) atoms. The van der Waals surface area contributed by atoms with Gasteiger partial charge in [0.05, 0.1) is 18.0 Å². The van der Waals surface area contributed by atoms with Gasteiger partial charge in [0.15, 0.2) is 0 Å². The number of benzene rings is 1. The van der Waals surface area contributed by atoms with E-state index < -0.39 is 10.8 Å². The summed E-state index contributed by atoms with van der Waals surface area (Å²) < 4.78 is 2.00. The number of aromatic nitrogens is 1. The van der Waals surface area contributed by atoms with Gasteiger partial charge in [0.2, 0.25) is 10.5 Å². The number of carbonyl (C=O) groups excluding carboxylic acids is 1. The molecule has 7 nitrogen and oxygen atoms in total. The summed E-state index contributed by atoms with van der Waals surface area (Å²) in [6, 6.07) is 12.6. The summed E-state index contributed by atoms with van der Waals surface area (Å²) >= 11 is 2.78. The summed E-state index contributed by atoms with van der Waals surface area (Å²) in [7, 11) is 0. The maximum absolute atomic E-state index is 12.3. The minimum atomic E-state index is -0.473. The molecule has 0 aliphatic carbocycles. The molecule has 0 radical (unpaired) electrons. The molecule has 1 aliphatic heterocycles. The number of fused-ring (bicyclic) bond motifs is 1. The van der Waals surface area contributed by atoms with Crippen LogP contribution in [0.25, 0.3) is 0 Å². The molecule has 0 bridgehead atoms. The number of carbonyl (C=O) groups is 1. The Labute approximate surface area is 156 Å². The van der Waals surface area contributed by atoms with E-state index >= 15 is 0 Å². The van der Waals surface area contributed by atoms with Crippen LogP contribution < -0.4 is 9.57 Å². The molecule has 0 N–H and O–H groups in total. The molecule has 0 unspecified atom stereocenters. The normalized spacial score (nSPS) is 13.8. The SMILES string of the molecule is O=C(N=c1sn2c(c1[N+](=O)[O-])N(Cc1cccs1)CC2)c1ccccc1. The van der Waals surface area contributed by atoms with Crippen molar-refractivity contribution in [1.82, 2.24) is 3.96 Å². The van der Waals surface area contributed by atoms with Crippen molar-refractivity contribution < 1.29 is 9.72 Å². The van der Waals surface area contributed by atoms with Crippen LogP contribution in [0, 0.1) is 10.1 Å². The number of hydrogen-bond donors (Lipinski definition) is 0. The number of amides is 1. The average molecular weight is 386 g/mol. The van der Waals surface area contributed by atoms with E-state index in [0.717, 1.165) is 4.88 Å². The molecule has 0 spiro atoms. The van der Waals surface area contributed by atoms with Crippen LogP contribution in [0.4, 0.5) is 11.5 Å². The van der Waals surface area contributed by atoms with Crippen LogP contribution in [0.15, 0.2) is 52.8 Å². The molecule has 3 heterocycles. The molecule has 9 heteroatoms. The highest BCUT2D eigenvalue weighted by Gasteiger charge is 2.33. The Balaban J connectivity index is 1.75. The third-order valence-corrected chi connectivity index (χ3v) is 5.95. The maximum atomic E-state index is 12.3. The number of rotatable bonds is 4. The van der Waals surface area contributed by atoms with Crippen LogP contribution in [0.3, 0.4) is 0 Å². The van der Waals surface area contributed by atoms with E-state index in [1.54, 1.807) is 41.7 Å². The summed E-state index contributed by atoms with van der Waals surface area (Å²) in [6.07, 6.45) is 0.